The van der Waals surface area contributed by atoms with Gasteiger partial charge in [0.2, 0.25) is 11.0 Å². The van der Waals surface area contributed by atoms with E-state index in [9.17, 15) is 9.59 Å². The molecule has 150 valence electrons. The highest BCUT2D eigenvalue weighted by Gasteiger charge is 2.36. The molecule has 3 heterocycles. The molecule has 1 fully saturated rings. The molecule has 8 heteroatoms. The molecule has 4 rings (SSSR count). The average Bonchev–Trinajstić information content (AvgIpc) is 3.49. The van der Waals surface area contributed by atoms with E-state index in [2.05, 4.69) is 41.5 Å². The van der Waals surface area contributed by atoms with Crippen molar-refractivity contribution < 1.29 is 14.0 Å². The standard InChI is InChI=1S/C21H22N4O3S/c1-21(2,14-8-4-3-5-9-14)19-23-24-20(29-19)22-17(26)15-10-6-12-25(15)18(27)16-11-7-13-28-16/h3-5,7-9,11,13,15H,6,10,12H2,1-2H3,(H,22,24,26)/t15-/m0/s1. The molecule has 29 heavy (non-hydrogen) atoms. The van der Waals surface area contributed by atoms with Crippen LogP contribution in [0.2, 0.25) is 0 Å². The zero-order valence-electron chi connectivity index (χ0n) is 16.3. The first-order valence-electron chi connectivity index (χ1n) is 9.51. The molecule has 7 nitrogen and oxygen atoms in total. The van der Waals surface area contributed by atoms with Crippen LogP contribution in [-0.4, -0.2) is 39.5 Å². The Bertz CT molecular complexity index is 998. The van der Waals surface area contributed by atoms with Gasteiger partial charge in [0.15, 0.2) is 5.76 Å². The van der Waals surface area contributed by atoms with Crippen molar-refractivity contribution in [3.05, 3.63) is 65.1 Å². The van der Waals surface area contributed by atoms with Gasteiger partial charge in [0.05, 0.1) is 6.26 Å². The monoisotopic (exact) mass is 410 g/mol. The number of carbonyl (C=O) groups is 2. The Morgan fingerprint density at radius 3 is 2.69 bits per heavy atom. The molecule has 1 aromatic carbocycles. The third-order valence-electron chi connectivity index (χ3n) is 5.23. The molecule has 1 saturated heterocycles. The Kier molecular flexibility index (Phi) is 5.19. The van der Waals surface area contributed by atoms with Crippen molar-refractivity contribution in [2.24, 2.45) is 0 Å². The Morgan fingerprint density at radius 2 is 1.97 bits per heavy atom. The number of furan rings is 1. The molecular formula is C21H22N4O3S. The zero-order valence-corrected chi connectivity index (χ0v) is 17.1. The second kappa shape index (κ2) is 7.79. The topological polar surface area (TPSA) is 88.3 Å². The van der Waals surface area contributed by atoms with Crippen LogP contribution in [0.1, 0.15) is 47.8 Å². The third kappa shape index (κ3) is 3.80. The Balaban J connectivity index is 1.47. The van der Waals surface area contributed by atoms with Gasteiger partial charge in [-0.15, -0.1) is 10.2 Å². The fourth-order valence-electron chi connectivity index (χ4n) is 3.52. The van der Waals surface area contributed by atoms with Gasteiger partial charge in [-0.1, -0.05) is 41.7 Å². The van der Waals surface area contributed by atoms with E-state index in [1.165, 1.54) is 17.6 Å². The van der Waals surface area contributed by atoms with Crippen LogP contribution < -0.4 is 5.32 Å². The lowest BCUT2D eigenvalue weighted by molar-refractivity contribution is -0.119. The SMILES string of the molecule is CC(C)(c1ccccc1)c1nnc(NC(=O)[C@@H]2CCCN2C(=O)c2ccco2)s1. The van der Waals surface area contributed by atoms with Crippen LogP contribution in [0.5, 0.6) is 0 Å². The van der Waals surface area contributed by atoms with Gasteiger partial charge >= 0.3 is 0 Å². The highest BCUT2D eigenvalue weighted by Crippen LogP contribution is 2.34. The van der Waals surface area contributed by atoms with Crippen molar-refractivity contribution in [1.29, 1.82) is 0 Å². The molecule has 1 atom stereocenters. The van der Waals surface area contributed by atoms with Crippen molar-refractivity contribution in [2.45, 2.75) is 38.1 Å². The first kappa shape index (κ1) is 19.3. The first-order chi connectivity index (χ1) is 14.0. The van der Waals surface area contributed by atoms with Gasteiger partial charge < -0.3 is 9.32 Å². The highest BCUT2D eigenvalue weighted by molar-refractivity contribution is 7.15. The molecule has 2 aromatic heterocycles. The van der Waals surface area contributed by atoms with Crippen molar-refractivity contribution in [3.8, 4) is 0 Å². The molecule has 0 unspecified atom stereocenters. The van der Waals surface area contributed by atoms with Crippen LogP contribution in [0.25, 0.3) is 0 Å². The molecule has 0 aliphatic carbocycles. The van der Waals surface area contributed by atoms with Crippen LogP contribution >= 0.6 is 11.3 Å². The summed E-state index contributed by atoms with van der Waals surface area (Å²) in [5.41, 5.74) is 0.802. The summed E-state index contributed by atoms with van der Waals surface area (Å²) in [7, 11) is 0. The van der Waals surface area contributed by atoms with Gasteiger partial charge in [0.1, 0.15) is 11.0 Å². The molecule has 1 N–H and O–H groups in total. The van der Waals surface area contributed by atoms with E-state index >= 15 is 0 Å². The van der Waals surface area contributed by atoms with Crippen LogP contribution in [0, 0.1) is 0 Å². The third-order valence-corrected chi connectivity index (χ3v) is 6.40. The minimum absolute atomic E-state index is 0.243. The van der Waals surface area contributed by atoms with Crippen molar-refractivity contribution in [2.75, 3.05) is 11.9 Å². The molecule has 0 spiro atoms. The van der Waals surface area contributed by atoms with Crippen LogP contribution in [0.4, 0.5) is 5.13 Å². The maximum atomic E-state index is 12.8. The van der Waals surface area contributed by atoms with E-state index in [0.29, 0.717) is 18.1 Å². The van der Waals surface area contributed by atoms with E-state index < -0.39 is 6.04 Å². The summed E-state index contributed by atoms with van der Waals surface area (Å²) in [6.07, 6.45) is 2.84. The van der Waals surface area contributed by atoms with Gasteiger partial charge in [0.25, 0.3) is 5.91 Å². The minimum atomic E-state index is -0.540. The number of hydrogen-bond donors (Lipinski definition) is 1. The van der Waals surface area contributed by atoms with E-state index in [0.717, 1.165) is 17.0 Å². The summed E-state index contributed by atoms with van der Waals surface area (Å²) in [4.78, 5) is 27.0. The number of benzene rings is 1. The number of carbonyl (C=O) groups excluding carboxylic acids is 2. The predicted octanol–water partition coefficient (Wildman–Crippen LogP) is 3.70. The van der Waals surface area contributed by atoms with E-state index in [-0.39, 0.29) is 23.0 Å². The van der Waals surface area contributed by atoms with Crippen molar-refractivity contribution >= 4 is 28.3 Å². The van der Waals surface area contributed by atoms with E-state index in [1.54, 1.807) is 17.0 Å². The molecule has 1 aliphatic heterocycles. The van der Waals surface area contributed by atoms with E-state index in [4.69, 9.17) is 4.42 Å². The van der Waals surface area contributed by atoms with Crippen LogP contribution in [-0.2, 0) is 10.2 Å². The fraction of sp³-hybridized carbons (Fsp3) is 0.333. The number of nitrogens with one attached hydrogen (secondary N) is 1. The highest BCUT2D eigenvalue weighted by atomic mass is 32.1. The summed E-state index contributed by atoms with van der Waals surface area (Å²) in [5, 5.41) is 12.5. The maximum Gasteiger partial charge on any atom is 0.290 e. The summed E-state index contributed by atoms with van der Waals surface area (Å²) in [6, 6.07) is 12.8. The number of amides is 2. The van der Waals surface area contributed by atoms with Crippen LogP contribution in [0.15, 0.2) is 53.1 Å². The summed E-state index contributed by atoms with van der Waals surface area (Å²) in [6.45, 7) is 4.68. The lowest BCUT2D eigenvalue weighted by Gasteiger charge is -2.22. The number of anilines is 1. The van der Waals surface area contributed by atoms with Gasteiger partial charge in [-0.05, 0) is 44.4 Å². The van der Waals surface area contributed by atoms with E-state index in [1.807, 2.05) is 18.2 Å². The molecule has 3 aromatic rings. The Morgan fingerprint density at radius 1 is 1.17 bits per heavy atom. The number of nitrogens with zero attached hydrogens (tertiary/aromatic N) is 3. The summed E-state index contributed by atoms with van der Waals surface area (Å²) in [5.74, 6) is -0.272. The lowest BCUT2D eigenvalue weighted by Crippen LogP contribution is -2.43. The smallest absolute Gasteiger partial charge is 0.290 e. The molecule has 0 saturated carbocycles. The van der Waals surface area contributed by atoms with Gasteiger partial charge in [0, 0.05) is 12.0 Å². The Hall–Kier alpha value is -3.00. The molecule has 0 radical (unpaired) electrons. The number of likely N-dealkylation sites (tertiary alicyclic amines) is 1. The summed E-state index contributed by atoms with van der Waals surface area (Å²) >= 11 is 1.35. The maximum absolute atomic E-state index is 12.8. The quantitative estimate of drug-likeness (QED) is 0.693. The van der Waals surface area contributed by atoms with Crippen molar-refractivity contribution in [1.82, 2.24) is 15.1 Å². The largest absolute Gasteiger partial charge is 0.459 e. The van der Waals surface area contributed by atoms with Crippen LogP contribution in [0.3, 0.4) is 0 Å². The number of rotatable bonds is 5. The summed E-state index contributed by atoms with van der Waals surface area (Å²) < 4.78 is 5.19. The second-order valence-electron chi connectivity index (χ2n) is 7.53. The minimum Gasteiger partial charge on any atom is -0.459 e. The lowest BCUT2D eigenvalue weighted by atomic mass is 9.85. The molecule has 2 amide bonds. The fourth-order valence-corrected chi connectivity index (χ4v) is 4.39. The number of aromatic nitrogens is 2. The van der Waals surface area contributed by atoms with Gasteiger partial charge in [-0.2, -0.15) is 0 Å². The molecule has 0 bridgehead atoms. The second-order valence-corrected chi connectivity index (χ2v) is 8.50. The molecule has 1 aliphatic rings. The number of hydrogen-bond acceptors (Lipinski definition) is 6. The van der Waals surface area contributed by atoms with Gasteiger partial charge in [-0.3, -0.25) is 14.9 Å². The predicted molar refractivity (Wildman–Crippen MR) is 110 cm³/mol. The first-order valence-corrected chi connectivity index (χ1v) is 10.3. The van der Waals surface area contributed by atoms with Crippen molar-refractivity contribution in [3.63, 3.8) is 0 Å². The average molecular weight is 410 g/mol. The van der Waals surface area contributed by atoms with Gasteiger partial charge in [-0.25, -0.2) is 0 Å². The molecular weight excluding hydrogens is 388 g/mol. The Labute approximate surface area is 172 Å². The normalized spacial score (nSPS) is 16.8. The zero-order chi connectivity index (χ0) is 20.4.